The van der Waals surface area contributed by atoms with Crippen molar-refractivity contribution in [1.29, 1.82) is 0 Å². The van der Waals surface area contributed by atoms with Gasteiger partial charge in [0, 0.05) is 38.6 Å². The lowest BCUT2D eigenvalue weighted by atomic mass is 9.99. The van der Waals surface area contributed by atoms with Crippen molar-refractivity contribution in [1.82, 2.24) is 9.88 Å². The molecular weight excluding hydrogens is 242 g/mol. The van der Waals surface area contributed by atoms with Crippen molar-refractivity contribution in [3.63, 3.8) is 0 Å². The Morgan fingerprint density at radius 3 is 3.05 bits per heavy atom. The Morgan fingerprint density at radius 2 is 2.37 bits per heavy atom. The number of anilines is 1. The molecule has 5 nitrogen and oxygen atoms in total. The Morgan fingerprint density at radius 1 is 1.58 bits per heavy atom. The van der Waals surface area contributed by atoms with Crippen LogP contribution < -0.4 is 5.32 Å². The predicted octanol–water partition coefficient (Wildman–Crippen LogP) is 1.36. The van der Waals surface area contributed by atoms with Crippen molar-refractivity contribution >= 4 is 11.7 Å². The summed E-state index contributed by atoms with van der Waals surface area (Å²) in [5.41, 5.74) is 2.08. The Kier molecular flexibility index (Phi) is 4.37. The van der Waals surface area contributed by atoms with E-state index < -0.39 is 0 Å². The van der Waals surface area contributed by atoms with Crippen molar-refractivity contribution < 1.29 is 9.53 Å². The first kappa shape index (κ1) is 13.8. The fraction of sp³-hybridized carbons (Fsp3) is 0.571. The highest BCUT2D eigenvalue weighted by atomic mass is 16.5. The van der Waals surface area contributed by atoms with E-state index in [1.807, 2.05) is 19.2 Å². The molecule has 0 aromatic carbocycles. The molecule has 5 heteroatoms. The lowest BCUT2D eigenvalue weighted by Gasteiger charge is -2.15. The van der Waals surface area contributed by atoms with E-state index >= 15 is 0 Å². The van der Waals surface area contributed by atoms with E-state index in [0.717, 1.165) is 31.0 Å². The molecule has 0 saturated carbocycles. The highest BCUT2D eigenvalue weighted by Crippen LogP contribution is 2.25. The van der Waals surface area contributed by atoms with Gasteiger partial charge in [0.15, 0.2) is 0 Å². The molecule has 2 rings (SSSR count). The molecule has 1 aromatic rings. The van der Waals surface area contributed by atoms with E-state index in [1.165, 1.54) is 7.11 Å². The molecular formula is C14H21N3O2. The van der Waals surface area contributed by atoms with Gasteiger partial charge >= 0.3 is 5.97 Å². The standard InChI is InChI=1S/C14H21N3O2/c1-10-7-17(9-13(10)14(18)19-3)8-12-6-11(15-2)4-5-16-12/h4-6,10,13H,7-9H2,1-3H3,(H,15,16). The quantitative estimate of drug-likeness (QED) is 0.831. The summed E-state index contributed by atoms with van der Waals surface area (Å²) in [5, 5.41) is 3.10. The molecule has 0 amide bonds. The van der Waals surface area contributed by atoms with Gasteiger partial charge in [-0.3, -0.25) is 14.7 Å². The molecule has 1 aliphatic rings. The van der Waals surface area contributed by atoms with Gasteiger partial charge in [0.2, 0.25) is 0 Å². The molecule has 0 aliphatic carbocycles. The molecule has 2 atom stereocenters. The van der Waals surface area contributed by atoms with E-state index in [-0.39, 0.29) is 11.9 Å². The number of methoxy groups -OCH3 is 1. The zero-order valence-corrected chi connectivity index (χ0v) is 11.7. The number of nitrogens with one attached hydrogen (secondary N) is 1. The topological polar surface area (TPSA) is 54.5 Å². The number of carbonyl (C=O) groups excluding carboxylic acids is 1. The minimum absolute atomic E-state index is 0.0162. The van der Waals surface area contributed by atoms with Gasteiger partial charge in [0.25, 0.3) is 0 Å². The maximum atomic E-state index is 11.6. The van der Waals surface area contributed by atoms with E-state index in [0.29, 0.717) is 5.92 Å². The molecule has 104 valence electrons. The fourth-order valence-electron chi connectivity index (χ4n) is 2.60. The van der Waals surface area contributed by atoms with Crippen LogP contribution in [0.25, 0.3) is 0 Å². The lowest BCUT2D eigenvalue weighted by molar-refractivity contribution is -0.146. The summed E-state index contributed by atoms with van der Waals surface area (Å²) >= 11 is 0. The zero-order valence-electron chi connectivity index (χ0n) is 11.7. The number of carbonyl (C=O) groups is 1. The van der Waals surface area contributed by atoms with E-state index in [2.05, 4.69) is 22.1 Å². The Hall–Kier alpha value is -1.62. The number of likely N-dealkylation sites (tertiary alicyclic amines) is 1. The van der Waals surface area contributed by atoms with Crippen LogP contribution in [0.4, 0.5) is 5.69 Å². The van der Waals surface area contributed by atoms with Gasteiger partial charge in [-0.1, -0.05) is 6.92 Å². The number of rotatable bonds is 4. The van der Waals surface area contributed by atoms with Crippen LogP contribution in [0.2, 0.25) is 0 Å². The molecule has 0 spiro atoms. The molecule has 1 saturated heterocycles. The molecule has 2 heterocycles. The van der Waals surface area contributed by atoms with Gasteiger partial charge in [-0.2, -0.15) is 0 Å². The number of aromatic nitrogens is 1. The van der Waals surface area contributed by atoms with Gasteiger partial charge in [0.1, 0.15) is 0 Å². The minimum Gasteiger partial charge on any atom is -0.469 e. The Bertz CT molecular complexity index is 450. The number of hydrogen-bond acceptors (Lipinski definition) is 5. The van der Waals surface area contributed by atoms with Crippen LogP contribution in [0.15, 0.2) is 18.3 Å². The molecule has 1 N–H and O–H groups in total. The van der Waals surface area contributed by atoms with Crippen molar-refractivity contribution in [2.24, 2.45) is 11.8 Å². The monoisotopic (exact) mass is 263 g/mol. The van der Waals surface area contributed by atoms with Crippen molar-refractivity contribution in [3.8, 4) is 0 Å². The fourth-order valence-corrected chi connectivity index (χ4v) is 2.60. The van der Waals surface area contributed by atoms with Gasteiger partial charge in [-0.15, -0.1) is 0 Å². The molecule has 0 bridgehead atoms. The summed E-state index contributed by atoms with van der Waals surface area (Å²) in [7, 11) is 3.35. The largest absolute Gasteiger partial charge is 0.469 e. The molecule has 1 aliphatic heterocycles. The zero-order chi connectivity index (χ0) is 13.8. The van der Waals surface area contributed by atoms with Crippen LogP contribution in [0.1, 0.15) is 12.6 Å². The number of esters is 1. The molecule has 19 heavy (non-hydrogen) atoms. The first-order chi connectivity index (χ1) is 9.13. The highest BCUT2D eigenvalue weighted by Gasteiger charge is 2.35. The maximum Gasteiger partial charge on any atom is 0.310 e. The maximum absolute atomic E-state index is 11.6. The third-order valence-corrected chi connectivity index (χ3v) is 3.68. The molecule has 2 unspecified atom stereocenters. The second-order valence-electron chi connectivity index (χ2n) is 5.09. The normalized spacial score (nSPS) is 23.3. The van der Waals surface area contributed by atoms with Crippen LogP contribution in [-0.2, 0) is 16.1 Å². The van der Waals surface area contributed by atoms with Gasteiger partial charge in [-0.25, -0.2) is 0 Å². The average Bonchev–Trinajstić information content (AvgIpc) is 2.79. The van der Waals surface area contributed by atoms with Crippen LogP contribution in [0.3, 0.4) is 0 Å². The summed E-state index contributed by atoms with van der Waals surface area (Å²) in [6.07, 6.45) is 1.80. The SMILES string of the molecule is CNc1ccnc(CN2CC(C)C(C(=O)OC)C2)c1. The minimum atomic E-state index is -0.105. The highest BCUT2D eigenvalue weighted by molar-refractivity contribution is 5.73. The second-order valence-corrected chi connectivity index (χ2v) is 5.09. The number of hydrogen-bond donors (Lipinski definition) is 1. The first-order valence-electron chi connectivity index (χ1n) is 6.57. The average molecular weight is 263 g/mol. The molecule has 1 fully saturated rings. The third kappa shape index (κ3) is 3.23. The Balaban J connectivity index is 1.99. The van der Waals surface area contributed by atoms with Crippen molar-refractivity contribution in [2.75, 3.05) is 32.6 Å². The van der Waals surface area contributed by atoms with E-state index in [1.54, 1.807) is 6.20 Å². The summed E-state index contributed by atoms with van der Waals surface area (Å²) in [5.74, 6) is 0.212. The first-order valence-corrected chi connectivity index (χ1v) is 6.57. The van der Waals surface area contributed by atoms with Gasteiger partial charge < -0.3 is 10.1 Å². The van der Waals surface area contributed by atoms with Crippen LogP contribution in [0.5, 0.6) is 0 Å². The van der Waals surface area contributed by atoms with Gasteiger partial charge in [-0.05, 0) is 18.1 Å². The number of ether oxygens (including phenoxy) is 1. The molecule has 0 radical (unpaired) electrons. The van der Waals surface area contributed by atoms with Crippen molar-refractivity contribution in [2.45, 2.75) is 13.5 Å². The summed E-state index contributed by atoms with van der Waals surface area (Å²) in [6, 6.07) is 3.98. The second kappa shape index (κ2) is 6.02. The van der Waals surface area contributed by atoms with Gasteiger partial charge in [0.05, 0.1) is 18.7 Å². The number of nitrogens with zero attached hydrogens (tertiary/aromatic N) is 2. The summed E-state index contributed by atoms with van der Waals surface area (Å²) in [6.45, 7) is 4.52. The van der Waals surface area contributed by atoms with Crippen LogP contribution in [0, 0.1) is 11.8 Å². The summed E-state index contributed by atoms with van der Waals surface area (Å²) in [4.78, 5) is 18.3. The van der Waals surface area contributed by atoms with Crippen LogP contribution in [-0.4, -0.2) is 43.1 Å². The summed E-state index contributed by atoms with van der Waals surface area (Å²) < 4.78 is 4.85. The Labute approximate surface area is 114 Å². The van der Waals surface area contributed by atoms with E-state index in [4.69, 9.17) is 4.74 Å². The van der Waals surface area contributed by atoms with Crippen LogP contribution >= 0.6 is 0 Å². The predicted molar refractivity (Wildman–Crippen MR) is 73.7 cm³/mol. The van der Waals surface area contributed by atoms with Crippen molar-refractivity contribution in [3.05, 3.63) is 24.0 Å². The molecule has 1 aromatic heterocycles. The smallest absolute Gasteiger partial charge is 0.310 e. The van der Waals surface area contributed by atoms with E-state index in [9.17, 15) is 4.79 Å². The lowest BCUT2D eigenvalue weighted by Crippen LogP contribution is -2.24. The number of pyridine rings is 1. The third-order valence-electron chi connectivity index (χ3n) is 3.68.